The predicted octanol–water partition coefficient (Wildman–Crippen LogP) is 1.50. The molecule has 0 aliphatic rings. The molecule has 0 spiro atoms. The summed E-state index contributed by atoms with van der Waals surface area (Å²) in [5, 5.41) is 9.12. The molecule has 5 heteroatoms. The van der Waals surface area contributed by atoms with Crippen LogP contribution >= 0.6 is 0 Å². The fraction of sp³-hybridized carbons (Fsp3) is 0.571. The first-order valence-electron chi connectivity index (χ1n) is 6.60. The molecular weight excluding hydrogens is 244 g/mol. The number of nitrogen functional groups attached to an aromatic ring is 1. The second kappa shape index (κ2) is 8.61. The third-order valence-corrected chi connectivity index (χ3v) is 2.76. The van der Waals surface area contributed by atoms with Gasteiger partial charge in [-0.3, -0.25) is 0 Å². The van der Waals surface area contributed by atoms with Gasteiger partial charge in [0.1, 0.15) is 5.75 Å². The third kappa shape index (κ3) is 4.96. The second-order valence-corrected chi connectivity index (χ2v) is 4.27. The Morgan fingerprint density at radius 2 is 2.05 bits per heavy atom. The summed E-state index contributed by atoms with van der Waals surface area (Å²) in [6.45, 7) is 4.67. The monoisotopic (exact) mass is 268 g/mol. The molecule has 0 saturated heterocycles. The van der Waals surface area contributed by atoms with E-state index < -0.39 is 0 Å². The maximum atomic E-state index is 9.12. The summed E-state index contributed by atoms with van der Waals surface area (Å²) in [4.78, 5) is 2.04. The van der Waals surface area contributed by atoms with Crippen LogP contribution in [0.4, 0.5) is 11.4 Å². The van der Waals surface area contributed by atoms with Crippen LogP contribution in [0, 0.1) is 0 Å². The van der Waals surface area contributed by atoms with Crippen molar-refractivity contribution in [2.24, 2.45) is 0 Å². The van der Waals surface area contributed by atoms with Crippen molar-refractivity contribution in [1.82, 2.24) is 0 Å². The lowest BCUT2D eigenvalue weighted by atomic mass is 10.2. The van der Waals surface area contributed by atoms with Crippen molar-refractivity contribution in [1.29, 1.82) is 0 Å². The van der Waals surface area contributed by atoms with Crippen LogP contribution in [-0.2, 0) is 4.74 Å². The van der Waals surface area contributed by atoms with Gasteiger partial charge in [-0.05, 0) is 18.6 Å². The van der Waals surface area contributed by atoms with Crippen molar-refractivity contribution in [3.8, 4) is 5.75 Å². The lowest BCUT2D eigenvalue weighted by molar-refractivity contribution is 0.203. The van der Waals surface area contributed by atoms with Gasteiger partial charge in [-0.25, -0.2) is 0 Å². The minimum atomic E-state index is 0.0965. The Morgan fingerprint density at radius 3 is 2.68 bits per heavy atom. The van der Waals surface area contributed by atoms with Gasteiger partial charge in [0.15, 0.2) is 0 Å². The fourth-order valence-electron chi connectivity index (χ4n) is 1.75. The van der Waals surface area contributed by atoms with E-state index in [2.05, 4.69) is 6.92 Å². The zero-order valence-electron chi connectivity index (χ0n) is 11.8. The van der Waals surface area contributed by atoms with Crippen LogP contribution in [0.3, 0.4) is 0 Å². The van der Waals surface area contributed by atoms with Crippen molar-refractivity contribution in [2.75, 3.05) is 50.7 Å². The molecule has 0 amide bonds. The van der Waals surface area contributed by atoms with Gasteiger partial charge in [-0.1, -0.05) is 6.92 Å². The Labute approximate surface area is 114 Å². The van der Waals surface area contributed by atoms with E-state index in [9.17, 15) is 0 Å². The van der Waals surface area contributed by atoms with Crippen molar-refractivity contribution in [2.45, 2.75) is 13.3 Å². The summed E-state index contributed by atoms with van der Waals surface area (Å²) in [7, 11) is 1.66. The Kier molecular flexibility index (Phi) is 7.07. The van der Waals surface area contributed by atoms with Crippen LogP contribution in [0.2, 0.25) is 0 Å². The maximum Gasteiger partial charge on any atom is 0.144 e. The number of hydrogen-bond donors (Lipinski definition) is 2. The minimum absolute atomic E-state index is 0.0965. The summed E-state index contributed by atoms with van der Waals surface area (Å²) in [5.41, 5.74) is 7.50. The van der Waals surface area contributed by atoms with E-state index in [1.165, 1.54) is 0 Å². The van der Waals surface area contributed by atoms with E-state index in [4.69, 9.17) is 20.3 Å². The standard InChI is InChI=1S/C14H24N2O3/c1-3-9-19-14-11-12(4-5-13(14)15)16(6-8-17)7-10-18-2/h4-5,11,17H,3,6-10,15H2,1-2H3. The highest BCUT2D eigenvalue weighted by molar-refractivity contribution is 5.62. The summed E-state index contributed by atoms with van der Waals surface area (Å²) in [6, 6.07) is 5.67. The van der Waals surface area contributed by atoms with Gasteiger partial charge >= 0.3 is 0 Å². The van der Waals surface area contributed by atoms with Crippen molar-refractivity contribution in [3.63, 3.8) is 0 Å². The van der Waals surface area contributed by atoms with Crippen LogP contribution in [0.15, 0.2) is 18.2 Å². The van der Waals surface area contributed by atoms with Gasteiger partial charge in [0.25, 0.3) is 0 Å². The number of aliphatic hydroxyl groups is 1. The third-order valence-electron chi connectivity index (χ3n) is 2.76. The SMILES string of the molecule is CCCOc1cc(N(CCO)CCOC)ccc1N. The highest BCUT2D eigenvalue weighted by Gasteiger charge is 2.09. The molecule has 0 atom stereocenters. The molecule has 3 N–H and O–H groups in total. The van der Waals surface area contributed by atoms with Crippen LogP contribution < -0.4 is 15.4 Å². The molecule has 0 fully saturated rings. The Morgan fingerprint density at radius 1 is 1.26 bits per heavy atom. The van der Waals surface area contributed by atoms with Crippen LogP contribution in [-0.4, -0.2) is 45.1 Å². The lowest BCUT2D eigenvalue weighted by Crippen LogP contribution is -2.30. The smallest absolute Gasteiger partial charge is 0.144 e. The summed E-state index contributed by atoms with van der Waals surface area (Å²) >= 11 is 0. The molecule has 1 aromatic carbocycles. The van der Waals surface area contributed by atoms with Crippen LogP contribution in [0.1, 0.15) is 13.3 Å². The quantitative estimate of drug-likeness (QED) is 0.664. The molecule has 0 aliphatic heterocycles. The van der Waals surface area contributed by atoms with Crippen LogP contribution in [0.25, 0.3) is 0 Å². The van der Waals surface area contributed by atoms with E-state index in [-0.39, 0.29) is 6.61 Å². The number of rotatable bonds is 9. The predicted molar refractivity (Wildman–Crippen MR) is 77.8 cm³/mol. The first-order chi connectivity index (χ1) is 9.22. The second-order valence-electron chi connectivity index (χ2n) is 4.27. The first kappa shape index (κ1) is 15.6. The molecule has 5 nitrogen and oxygen atoms in total. The lowest BCUT2D eigenvalue weighted by Gasteiger charge is -2.24. The average Bonchev–Trinajstić information content (AvgIpc) is 2.43. The first-order valence-corrected chi connectivity index (χ1v) is 6.60. The summed E-state index contributed by atoms with van der Waals surface area (Å²) in [5.74, 6) is 0.694. The molecule has 0 heterocycles. The van der Waals surface area contributed by atoms with Gasteiger partial charge in [-0.15, -0.1) is 0 Å². The topological polar surface area (TPSA) is 68.0 Å². The largest absolute Gasteiger partial charge is 0.491 e. The van der Waals surface area contributed by atoms with Gasteiger partial charge in [0.05, 0.1) is 25.5 Å². The van der Waals surface area contributed by atoms with Gasteiger partial charge in [0, 0.05) is 32.0 Å². The molecule has 1 aromatic rings. The molecule has 0 aromatic heterocycles. The van der Waals surface area contributed by atoms with Gasteiger partial charge in [-0.2, -0.15) is 0 Å². The van der Waals surface area contributed by atoms with Crippen molar-refractivity contribution in [3.05, 3.63) is 18.2 Å². The molecule has 0 unspecified atom stereocenters. The summed E-state index contributed by atoms with van der Waals surface area (Å²) < 4.78 is 10.7. The Balaban J connectivity index is 2.83. The number of hydrogen-bond acceptors (Lipinski definition) is 5. The maximum absolute atomic E-state index is 9.12. The molecule has 0 aliphatic carbocycles. The zero-order chi connectivity index (χ0) is 14.1. The van der Waals surface area contributed by atoms with E-state index in [0.717, 1.165) is 12.1 Å². The van der Waals surface area contributed by atoms with Crippen molar-refractivity contribution >= 4 is 11.4 Å². The minimum Gasteiger partial charge on any atom is -0.491 e. The average molecular weight is 268 g/mol. The Bertz CT molecular complexity index is 372. The molecule has 108 valence electrons. The van der Waals surface area contributed by atoms with E-state index >= 15 is 0 Å². The van der Waals surface area contributed by atoms with E-state index in [0.29, 0.717) is 37.7 Å². The van der Waals surface area contributed by atoms with Crippen LogP contribution in [0.5, 0.6) is 5.75 Å². The molecule has 1 rings (SSSR count). The number of ether oxygens (including phenoxy) is 2. The van der Waals surface area contributed by atoms with Gasteiger partial charge < -0.3 is 25.2 Å². The molecule has 0 saturated carbocycles. The number of nitrogens with zero attached hydrogens (tertiary/aromatic N) is 1. The number of aliphatic hydroxyl groups excluding tert-OH is 1. The number of nitrogens with two attached hydrogens (primary N) is 1. The highest BCUT2D eigenvalue weighted by Crippen LogP contribution is 2.27. The zero-order valence-corrected chi connectivity index (χ0v) is 11.8. The number of benzene rings is 1. The van der Waals surface area contributed by atoms with Crippen molar-refractivity contribution < 1.29 is 14.6 Å². The molecule has 0 radical (unpaired) electrons. The number of methoxy groups -OCH3 is 1. The molecular formula is C14H24N2O3. The fourth-order valence-corrected chi connectivity index (χ4v) is 1.75. The van der Waals surface area contributed by atoms with Gasteiger partial charge in [0.2, 0.25) is 0 Å². The van der Waals surface area contributed by atoms with E-state index in [1.807, 2.05) is 23.1 Å². The van der Waals surface area contributed by atoms with E-state index in [1.54, 1.807) is 7.11 Å². The molecule has 0 bridgehead atoms. The summed E-state index contributed by atoms with van der Waals surface area (Å²) in [6.07, 6.45) is 0.938. The molecule has 19 heavy (non-hydrogen) atoms. The number of anilines is 2. The normalized spacial score (nSPS) is 10.5. The highest BCUT2D eigenvalue weighted by atomic mass is 16.5. The Hall–Kier alpha value is -1.46.